The maximum atomic E-state index is 11.5. The Kier molecular flexibility index (Phi) is 3.26. The van der Waals surface area contributed by atoms with Crippen LogP contribution in [0.15, 0.2) is 18.2 Å². The molecule has 0 saturated carbocycles. The molecular weight excluding hydrogens is 242 g/mol. The summed E-state index contributed by atoms with van der Waals surface area (Å²) in [5, 5.41) is 0. The van der Waals surface area contributed by atoms with Crippen LogP contribution in [0.3, 0.4) is 0 Å². The molecule has 0 spiro atoms. The van der Waals surface area contributed by atoms with Gasteiger partial charge >= 0.3 is 0 Å². The van der Waals surface area contributed by atoms with Gasteiger partial charge in [-0.1, -0.05) is 13.0 Å². The van der Waals surface area contributed by atoms with Gasteiger partial charge < -0.3 is 15.2 Å². The molecule has 0 aliphatic carbocycles. The highest BCUT2D eigenvalue weighted by molar-refractivity contribution is 7.91. The fourth-order valence-electron chi connectivity index (χ4n) is 1.63. The summed E-state index contributed by atoms with van der Waals surface area (Å²) in [5.41, 5.74) is 6.62. The van der Waals surface area contributed by atoms with Crippen LogP contribution in [0.5, 0.6) is 11.5 Å². The van der Waals surface area contributed by atoms with E-state index in [0.29, 0.717) is 11.5 Å². The Morgan fingerprint density at radius 1 is 1.35 bits per heavy atom. The molecule has 0 saturated heterocycles. The van der Waals surface area contributed by atoms with Gasteiger partial charge in [-0.2, -0.15) is 0 Å². The second kappa shape index (κ2) is 4.54. The van der Waals surface area contributed by atoms with Crippen LogP contribution in [-0.4, -0.2) is 26.7 Å². The van der Waals surface area contributed by atoms with Crippen molar-refractivity contribution in [2.24, 2.45) is 5.73 Å². The largest absolute Gasteiger partial charge is 0.454 e. The van der Waals surface area contributed by atoms with Crippen LogP contribution in [0, 0.1) is 0 Å². The Hall–Kier alpha value is -1.27. The van der Waals surface area contributed by atoms with Crippen molar-refractivity contribution in [1.29, 1.82) is 0 Å². The molecule has 1 aliphatic heterocycles. The van der Waals surface area contributed by atoms with Crippen molar-refractivity contribution in [1.82, 2.24) is 0 Å². The fraction of sp³-hybridized carbons (Fsp3) is 0.455. The zero-order valence-corrected chi connectivity index (χ0v) is 10.4. The van der Waals surface area contributed by atoms with Crippen molar-refractivity contribution < 1.29 is 17.9 Å². The summed E-state index contributed by atoms with van der Waals surface area (Å²) in [6.07, 6.45) is 0. The number of rotatable bonds is 4. The average Bonchev–Trinajstić information content (AvgIpc) is 2.75. The van der Waals surface area contributed by atoms with Gasteiger partial charge in [0.25, 0.3) is 0 Å². The molecule has 94 valence electrons. The summed E-state index contributed by atoms with van der Waals surface area (Å²) in [5.74, 6) is 1.33. The Morgan fingerprint density at radius 3 is 2.76 bits per heavy atom. The van der Waals surface area contributed by atoms with E-state index < -0.39 is 15.9 Å². The summed E-state index contributed by atoms with van der Waals surface area (Å²) in [7, 11) is -3.08. The van der Waals surface area contributed by atoms with E-state index in [1.54, 1.807) is 25.1 Å². The molecule has 1 aromatic rings. The van der Waals surface area contributed by atoms with Gasteiger partial charge in [-0.15, -0.1) is 0 Å². The lowest BCUT2D eigenvalue weighted by atomic mass is 10.1. The summed E-state index contributed by atoms with van der Waals surface area (Å²) in [6, 6.07) is 4.71. The fourth-order valence-corrected chi connectivity index (χ4v) is 2.61. The molecule has 0 bridgehead atoms. The van der Waals surface area contributed by atoms with E-state index in [2.05, 4.69) is 0 Å². The van der Waals surface area contributed by atoms with Crippen molar-refractivity contribution in [3.05, 3.63) is 23.8 Å². The molecule has 6 heteroatoms. The zero-order valence-electron chi connectivity index (χ0n) is 9.55. The SMILES string of the molecule is CCS(=O)(=O)CC(N)c1ccc2c(c1)OCO2. The minimum absolute atomic E-state index is 0.0524. The molecule has 2 rings (SSSR count). The molecule has 5 nitrogen and oxygen atoms in total. The number of nitrogens with two attached hydrogens (primary N) is 1. The van der Waals surface area contributed by atoms with E-state index in [0.717, 1.165) is 5.56 Å². The summed E-state index contributed by atoms with van der Waals surface area (Å²) >= 11 is 0. The number of fused-ring (bicyclic) bond motifs is 1. The van der Waals surface area contributed by atoms with E-state index in [4.69, 9.17) is 15.2 Å². The lowest BCUT2D eigenvalue weighted by molar-refractivity contribution is 0.174. The third kappa shape index (κ3) is 2.70. The van der Waals surface area contributed by atoms with Crippen molar-refractivity contribution in [3.63, 3.8) is 0 Å². The van der Waals surface area contributed by atoms with Crippen molar-refractivity contribution >= 4 is 9.84 Å². The average molecular weight is 257 g/mol. The lowest BCUT2D eigenvalue weighted by Crippen LogP contribution is -2.22. The first-order valence-electron chi connectivity index (χ1n) is 5.37. The number of benzene rings is 1. The van der Waals surface area contributed by atoms with Crippen LogP contribution >= 0.6 is 0 Å². The molecule has 1 atom stereocenters. The predicted molar refractivity (Wildman–Crippen MR) is 63.8 cm³/mol. The van der Waals surface area contributed by atoms with Crippen LogP contribution in [0.25, 0.3) is 0 Å². The quantitative estimate of drug-likeness (QED) is 0.865. The van der Waals surface area contributed by atoms with E-state index in [9.17, 15) is 8.42 Å². The lowest BCUT2D eigenvalue weighted by Gasteiger charge is -2.12. The van der Waals surface area contributed by atoms with E-state index in [1.807, 2.05) is 0 Å². The van der Waals surface area contributed by atoms with Gasteiger partial charge in [0, 0.05) is 11.8 Å². The minimum Gasteiger partial charge on any atom is -0.454 e. The van der Waals surface area contributed by atoms with Gasteiger partial charge in [0.15, 0.2) is 21.3 Å². The summed E-state index contributed by atoms with van der Waals surface area (Å²) < 4.78 is 33.4. The predicted octanol–water partition coefficient (Wildman–Crippen LogP) is 0.850. The van der Waals surface area contributed by atoms with Crippen molar-refractivity contribution in [2.75, 3.05) is 18.3 Å². The number of ether oxygens (including phenoxy) is 2. The molecule has 0 radical (unpaired) electrons. The molecule has 1 aliphatic rings. The standard InChI is InChI=1S/C11H15NO4S/c1-2-17(13,14)6-9(12)8-3-4-10-11(5-8)16-7-15-10/h3-5,9H,2,6-7,12H2,1H3. The van der Waals surface area contributed by atoms with Crippen molar-refractivity contribution in [3.8, 4) is 11.5 Å². The van der Waals surface area contributed by atoms with Crippen LogP contribution < -0.4 is 15.2 Å². The maximum Gasteiger partial charge on any atom is 0.231 e. The third-order valence-electron chi connectivity index (χ3n) is 2.70. The molecule has 0 fully saturated rings. The number of hydrogen-bond donors (Lipinski definition) is 1. The molecule has 0 aromatic heterocycles. The summed E-state index contributed by atoms with van der Waals surface area (Å²) in [4.78, 5) is 0. The van der Waals surface area contributed by atoms with Gasteiger partial charge in [0.05, 0.1) is 5.75 Å². The highest BCUT2D eigenvalue weighted by Crippen LogP contribution is 2.33. The van der Waals surface area contributed by atoms with Gasteiger partial charge in [-0.05, 0) is 17.7 Å². The first-order valence-corrected chi connectivity index (χ1v) is 7.19. The Labute approximate surface area is 100 Å². The first-order chi connectivity index (χ1) is 8.02. The van der Waals surface area contributed by atoms with E-state index in [1.165, 1.54) is 0 Å². The Morgan fingerprint density at radius 2 is 2.06 bits per heavy atom. The normalized spacial score (nSPS) is 15.9. The van der Waals surface area contributed by atoms with Crippen LogP contribution in [-0.2, 0) is 9.84 Å². The summed E-state index contributed by atoms with van der Waals surface area (Å²) in [6.45, 7) is 1.81. The Balaban J connectivity index is 2.18. The van der Waals surface area contributed by atoms with Gasteiger partial charge in [-0.3, -0.25) is 0 Å². The maximum absolute atomic E-state index is 11.5. The monoisotopic (exact) mass is 257 g/mol. The molecule has 2 N–H and O–H groups in total. The van der Waals surface area contributed by atoms with Crippen molar-refractivity contribution in [2.45, 2.75) is 13.0 Å². The van der Waals surface area contributed by atoms with Gasteiger partial charge in [0.2, 0.25) is 6.79 Å². The van der Waals surface area contributed by atoms with Gasteiger partial charge in [-0.25, -0.2) is 8.42 Å². The Bertz CT molecular complexity index is 512. The third-order valence-corrected chi connectivity index (χ3v) is 4.44. The van der Waals surface area contributed by atoms with Crippen LogP contribution in [0.4, 0.5) is 0 Å². The minimum atomic E-state index is -3.08. The topological polar surface area (TPSA) is 78.6 Å². The smallest absolute Gasteiger partial charge is 0.231 e. The van der Waals surface area contributed by atoms with Gasteiger partial charge in [0.1, 0.15) is 0 Å². The van der Waals surface area contributed by atoms with E-state index >= 15 is 0 Å². The molecule has 1 heterocycles. The highest BCUT2D eigenvalue weighted by Gasteiger charge is 2.19. The van der Waals surface area contributed by atoms with Crippen LogP contribution in [0.2, 0.25) is 0 Å². The molecule has 1 aromatic carbocycles. The van der Waals surface area contributed by atoms with E-state index in [-0.39, 0.29) is 18.3 Å². The highest BCUT2D eigenvalue weighted by atomic mass is 32.2. The zero-order chi connectivity index (χ0) is 12.5. The molecular formula is C11H15NO4S. The molecule has 17 heavy (non-hydrogen) atoms. The molecule has 0 amide bonds. The number of sulfone groups is 1. The second-order valence-corrected chi connectivity index (χ2v) is 6.32. The number of hydrogen-bond acceptors (Lipinski definition) is 5. The first kappa shape index (κ1) is 12.2. The van der Waals surface area contributed by atoms with Crippen LogP contribution in [0.1, 0.15) is 18.5 Å². The second-order valence-electron chi connectivity index (χ2n) is 3.92. The molecule has 1 unspecified atom stereocenters.